The molecule has 28 heavy (non-hydrogen) atoms. The van der Waals surface area contributed by atoms with Crippen molar-refractivity contribution < 1.29 is 4.74 Å². The van der Waals surface area contributed by atoms with Crippen LogP contribution in [0, 0.1) is 5.92 Å². The third-order valence-electron chi connectivity index (χ3n) is 5.99. The number of hydrogen-bond donors (Lipinski definition) is 0. The molecule has 0 N–H and O–H groups in total. The molecule has 0 aromatic heterocycles. The summed E-state index contributed by atoms with van der Waals surface area (Å²) in [7, 11) is 0. The van der Waals surface area contributed by atoms with Gasteiger partial charge >= 0.3 is 0 Å². The first-order chi connectivity index (χ1) is 13.8. The van der Waals surface area contributed by atoms with Crippen molar-refractivity contribution in [2.24, 2.45) is 5.92 Å². The summed E-state index contributed by atoms with van der Waals surface area (Å²) >= 11 is 1.92. The highest BCUT2D eigenvalue weighted by molar-refractivity contribution is 7.98. The minimum Gasteiger partial charge on any atom is -0.494 e. The summed E-state index contributed by atoms with van der Waals surface area (Å²) in [6.07, 6.45) is 10.7. The van der Waals surface area contributed by atoms with Gasteiger partial charge in [0.25, 0.3) is 0 Å². The zero-order valence-corrected chi connectivity index (χ0v) is 18.5. The number of benzene rings is 2. The highest BCUT2D eigenvalue weighted by Crippen LogP contribution is 2.38. The van der Waals surface area contributed by atoms with E-state index in [0.717, 1.165) is 36.4 Å². The smallest absolute Gasteiger partial charge is 0.119 e. The summed E-state index contributed by atoms with van der Waals surface area (Å²) in [5.74, 6) is 3.77. The Labute approximate surface area is 176 Å². The number of ether oxygens (including phenoxy) is 1. The lowest BCUT2D eigenvalue weighted by Gasteiger charge is -2.28. The second-order valence-corrected chi connectivity index (χ2v) is 9.26. The molecule has 0 bridgehead atoms. The Morgan fingerprint density at radius 2 is 1.57 bits per heavy atom. The Hall–Kier alpha value is -1.41. The van der Waals surface area contributed by atoms with E-state index in [0.29, 0.717) is 0 Å². The van der Waals surface area contributed by atoms with E-state index in [1.165, 1.54) is 55.4 Å². The summed E-state index contributed by atoms with van der Waals surface area (Å²) in [5, 5.41) is 0. The monoisotopic (exact) mass is 396 g/mol. The third-order valence-corrected chi connectivity index (χ3v) is 7.07. The van der Waals surface area contributed by atoms with Crippen LogP contribution in [0.2, 0.25) is 0 Å². The van der Waals surface area contributed by atoms with Crippen molar-refractivity contribution in [3.8, 4) is 5.75 Å². The molecule has 152 valence electrons. The normalized spacial score (nSPS) is 19.5. The van der Waals surface area contributed by atoms with Gasteiger partial charge in [-0.25, -0.2) is 0 Å². The molecule has 1 aliphatic carbocycles. The molecule has 1 fully saturated rings. The maximum atomic E-state index is 5.75. The van der Waals surface area contributed by atoms with Crippen molar-refractivity contribution in [2.45, 2.75) is 81.8 Å². The molecular formula is C26H36OS. The second kappa shape index (κ2) is 11.6. The van der Waals surface area contributed by atoms with Gasteiger partial charge in [-0.15, -0.1) is 11.8 Å². The van der Waals surface area contributed by atoms with Crippen LogP contribution in [0.25, 0.3) is 0 Å². The van der Waals surface area contributed by atoms with Crippen LogP contribution in [-0.4, -0.2) is 6.61 Å². The van der Waals surface area contributed by atoms with Gasteiger partial charge in [-0.2, -0.15) is 0 Å². The maximum absolute atomic E-state index is 5.75. The van der Waals surface area contributed by atoms with Crippen molar-refractivity contribution in [3.05, 3.63) is 59.7 Å². The fourth-order valence-corrected chi connectivity index (χ4v) is 5.07. The average molecular weight is 397 g/mol. The van der Waals surface area contributed by atoms with Crippen LogP contribution in [-0.2, 0) is 5.75 Å². The number of thioether (sulfide) groups is 1. The lowest BCUT2D eigenvalue weighted by Crippen LogP contribution is -2.13. The Balaban J connectivity index is 1.44. The topological polar surface area (TPSA) is 9.23 Å². The van der Waals surface area contributed by atoms with Crippen molar-refractivity contribution in [1.82, 2.24) is 0 Å². The van der Waals surface area contributed by atoms with Gasteiger partial charge in [0.05, 0.1) is 6.61 Å². The predicted octanol–water partition coefficient (Wildman–Crippen LogP) is 8.23. The Kier molecular flexibility index (Phi) is 8.79. The number of rotatable bonds is 10. The van der Waals surface area contributed by atoms with E-state index in [9.17, 15) is 0 Å². The summed E-state index contributed by atoms with van der Waals surface area (Å²) < 4.78 is 5.75. The summed E-state index contributed by atoms with van der Waals surface area (Å²) in [5.41, 5.74) is 2.90. The molecule has 0 spiro atoms. The van der Waals surface area contributed by atoms with E-state index >= 15 is 0 Å². The Morgan fingerprint density at radius 1 is 0.857 bits per heavy atom. The van der Waals surface area contributed by atoms with Crippen LogP contribution >= 0.6 is 11.8 Å². The quantitative estimate of drug-likeness (QED) is 0.295. The third kappa shape index (κ3) is 6.58. The van der Waals surface area contributed by atoms with E-state index < -0.39 is 0 Å². The van der Waals surface area contributed by atoms with Crippen molar-refractivity contribution in [1.29, 1.82) is 0 Å². The standard InChI is InChI=1S/C26H36OS/c1-3-5-19-27-25-15-9-22(10-16-25)20-28-26-17-13-24(14-18-26)23-11-7-21(6-4-2)8-12-23/h9-10,13-18,21,23H,3-8,11-12,19-20H2,1-2H3. The maximum Gasteiger partial charge on any atom is 0.119 e. The zero-order chi connectivity index (χ0) is 19.6. The van der Waals surface area contributed by atoms with Crippen LogP contribution in [0.3, 0.4) is 0 Å². The average Bonchev–Trinajstić information content (AvgIpc) is 2.75. The van der Waals surface area contributed by atoms with E-state index in [1.54, 1.807) is 5.56 Å². The molecule has 0 aliphatic heterocycles. The van der Waals surface area contributed by atoms with E-state index in [1.807, 2.05) is 11.8 Å². The molecule has 0 heterocycles. The van der Waals surface area contributed by atoms with Gasteiger partial charge in [0.15, 0.2) is 0 Å². The lowest BCUT2D eigenvalue weighted by molar-refractivity contribution is 0.308. The summed E-state index contributed by atoms with van der Waals surface area (Å²) in [6.45, 7) is 5.32. The van der Waals surface area contributed by atoms with Gasteiger partial charge in [-0.3, -0.25) is 0 Å². The van der Waals surface area contributed by atoms with Crippen LogP contribution in [0.5, 0.6) is 5.75 Å². The predicted molar refractivity (Wildman–Crippen MR) is 122 cm³/mol. The molecule has 0 atom stereocenters. The van der Waals surface area contributed by atoms with Crippen molar-refractivity contribution in [3.63, 3.8) is 0 Å². The van der Waals surface area contributed by atoms with Crippen LogP contribution in [0.1, 0.15) is 82.3 Å². The first-order valence-corrected chi connectivity index (χ1v) is 12.2. The molecule has 2 heteroatoms. The zero-order valence-electron chi connectivity index (χ0n) is 17.7. The van der Waals surface area contributed by atoms with Gasteiger partial charge in [0, 0.05) is 10.6 Å². The van der Waals surface area contributed by atoms with Crippen LogP contribution in [0.15, 0.2) is 53.4 Å². The van der Waals surface area contributed by atoms with Crippen LogP contribution in [0.4, 0.5) is 0 Å². The van der Waals surface area contributed by atoms with Gasteiger partial charge in [0.1, 0.15) is 5.75 Å². The molecule has 0 unspecified atom stereocenters. The molecule has 1 nitrogen and oxygen atoms in total. The second-order valence-electron chi connectivity index (χ2n) is 8.21. The van der Waals surface area contributed by atoms with Crippen molar-refractivity contribution >= 4 is 11.8 Å². The fraction of sp³-hybridized carbons (Fsp3) is 0.538. The number of unbranched alkanes of at least 4 members (excludes halogenated alkanes) is 1. The summed E-state index contributed by atoms with van der Waals surface area (Å²) in [6, 6.07) is 18.0. The SMILES string of the molecule is CCCCOc1ccc(CSc2ccc(C3CCC(CCC)CC3)cc2)cc1. The molecule has 1 saturated carbocycles. The van der Waals surface area contributed by atoms with Gasteiger partial charge in [0.2, 0.25) is 0 Å². The minimum atomic E-state index is 0.785. The van der Waals surface area contributed by atoms with Gasteiger partial charge in [-0.1, -0.05) is 57.4 Å². The highest BCUT2D eigenvalue weighted by atomic mass is 32.2. The molecule has 3 rings (SSSR count). The molecule has 2 aromatic rings. The van der Waals surface area contributed by atoms with Gasteiger partial charge < -0.3 is 4.74 Å². The van der Waals surface area contributed by atoms with Crippen LogP contribution < -0.4 is 4.74 Å². The molecule has 1 aliphatic rings. The fourth-order valence-electron chi connectivity index (χ4n) is 4.21. The largest absolute Gasteiger partial charge is 0.494 e. The highest BCUT2D eigenvalue weighted by Gasteiger charge is 2.21. The van der Waals surface area contributed by atoms with E-state index in [4.69, 9.17) is 4.74 Å². The molecule has 0 saturated heterocycles. The molecule has 2 aromatic carbocycles. The summed E-state index contributed by atoms with van der Waals surface area (Å²) in [4.78, 5) is 1.37. The Morgan fingerprint density at radius 3 is 2.21 bits per heavy atom. The molecule has 0 amide bonds. The first-order valence-electron chi connectivity index (χ1n) is 11.2. The molecular weight excluding hydrogens is 360 g/mol. The van der Waals surface area contributed by atoms with Gasteiger partial charge in [-0.05, 0) is 79.3 Å². The molecule has 0 radical (unpaired) electrons. The first kappa shape index (κ1) is 21.3. The minimum absolute atomic E-state index is 0.785. The van der Waals surface area contributed by atoms with E-state index in [-0.39, 0.29) is 0 Å². The Bertz CT molecular complexity index is 669. The van der Waals surface area contributed by atoms with E-state index in [2.05, 4.69) is 62.4 Å². The lowest BCUT2D eigenvalue weighted by atomic mass is 9.77. The van der Waals surface area contributed by atoms with Crippen molar-refractivity contribution in [2.75, 3.05) is 6.61 Å². The number of hydrogen-bond acceptors (Lipinski definition) is 2.